The normalized spacial score (nSPS) is 21.4. The molecule has 1 aliphatic carbocycles. The van der Waals surface area contributed by atoms with Gasteiger partial charge >= 0.3 is 6.18 Å². The third-order valence-electron chi connectivity index (χ3n) is 4.38. The average Bonchev–Trinajstić information content (AvgIpc) is 2.45. The molecule has 1 aromatic rings. The number of hydrogen-bond acceptors (Lipinski definition) is 2. The molecule has 0 aromatic heterocycles. The molecule has 1 heterocycles. The summed E-state index contributed by atoms with van der Waals surface area (Å²) in [5.41, 5.74) is 1.12. The molecule has 0 atom stereocenters. The fourth-order valence-corrected chi connectivity index (χ4v) is 3.11. The lowest BCUT2D eigenvalue weighted by atomic mass is 9.68. The summed E-state index contributed by atoms with van der Waals surface area (Å²) in [5.74, 6) is 0. The molecule has 0 bridgehead atoms. The largest absolute Gasteiger partial charge is 0.416 e. The van der Waals surface area contributed by atoms with Gasteiger partial charge in [-0.05, 0) is 31.0 Å². The van der Waals surface area contributed by atoms with Gasteiger partial charge in [-0.15, -0.1) is 0 Å². The van der Waals surface area contributed by atoms with E-state index in [1.54, 1.807) is 6.07 Å². The van der Waals surface area contributed by atoms with Gasteiger partial charge in [0.15, 0.2) is 0 Å². The Morgan fingerprint density at radius 1 is 1.26 bits per heavy atom. The van der Waals surface area contributed by atoms with Crippen LogP contribution in [-0.4, -0.2) is 20.1 Å². The van der Waals surface area contributed by atoms with Crippen LogP contribution < -0.4 is 10.2 Å². The van der Waals surface area contributed by atoms with Crippen molar-refractivity contribution < 1.29 is 13.2 Å². The van der Waals surface area contributed by atoms with Gasteiger partial charge < -0.3 is 10.2 Å². The Bertz CT molecular complexity index is 492. The summed E-state index contributed by atoms with van der Waals surface area (Å²) in [6.45, 7) is 1.68. The van der Waals surface area contributed by atoms with Gasteiger partial charge in [-0.2, -0.15) is 13.2 Å². The fraction of sp³-hybridized carbons (Fsp3) is 0.571. The van der Waals surface area contributed by atoms with Crippen molar-refractivity contribution in [1.82, 2.24) is 0 Å². The number of benzene rings is 1. The van der Waals surface area contributed by atoms with Crippen LogP contribution in [-0.2, 0) is 6.18 Å². The molecule has 0 radical (unpaired) electrons. The zero-order valence-electron chi connectivity index (χ0n) is 10.8. The van der Waals surface area contributed by atoms with Gasteiger partial charge in [0.25, 0.3) is 0 Å². The number of alkyl halides is 3. The zero-order chi connectivity index (χ0) is 13.7. The highest BCUT2D eigenvalue weighted by molar-refractivity contribution is 5.72. The molecule has 19 heavy (non-hydrogen) atoms. The van der Waals surface area contributed by atoms with Crippen LogP contribution in [0.1, 0.15) is 24.8 Å². The number of hydrogen-bond donors (Lipinski definition) is 1. The summed E-state index contributed by atoms with van der Waals surface area (Å²) < 4.78 is 38.3. The lowest BCUT2D eigenvalue weighted by Crippen LogP contribution is -2.43. The Morgan fingerprint density at radius 2 is 2.00 bits per heavy atom. The molecule has 1 fully saturated rings. The predicted octanol–water partition coefficient (Wildman–Crippen LogP) is 3.74. The number of halogens is 3. The minimum absolute atomic E-state index is 0.242. The maximum absolute atomic E-state index is 12.8. The van der Waals surface area contributed by atoms with Gasteiger partial charge in [-0.25, -0.2) is 0 Å². The van der Waals surface area contributed by atoms with Gasteiger partial charge in [0.05, 0.1) is 16.9 Å². The first-order valence-electron chi connectivity index (χ1n) is 6.56. The van der Waals surface area contributed by atoms with Gasteiger partial charge in [0, 0.05) is 25.6 Å². The monoisotopic (exact) mass is 270 g/mol. The molecule has 1 N–H and O–H groups in total. The molecule has 0 amide bonds. The molecule has 0 unspecified atom stereocenters. The van der Waals surface area contributed by atoms with E-state index in [0.29, 0.717) is 5.69 Å². The third kappa shape index (κ3) is 2.15. The molecule has 1 spiro atoms. The van der Waals surface area contributed by atoms with Crippen LogP contribution in [0.4, 0.5) is 24.5 Å². The Morgan fingerprint density at radius 3 is 2.58 bits per heavy atom. The zero-order valence-corrected chi connectivity index (χ0v) is 10.8. The molecular weight excluding hydrogens is 253 g/mol. The summed E-state index contributed by atoms with van der Waals surface area (Å²) in [6, 6.07) is 3.95. The van der Waals surface area contributed by atoms with E-state index in [0.717, 1.165) is 37.7 Å². The van der Waals surface area contributed by atoms with Crippen molar-refractivity contribution in [3.05, 3.63) is 23.8 Å². The van der Waals surface area contributed by atoms with E-state index < -0.39 is 11.7 Å². The number of anilines is 2. The molecule has 5 heteroatoms. The maximum Gasteiger partial charge on any atom is 0.416 e. The Hall–Kier alpha value is -1.39. The summed E-state index contributed by atoms with van der Waals surface area (Å²) in [5, 5.41) is 3.32. The van der Waals surface area contributed by atoms with Gasteiger partial charge in [-0.3, -0.25) is 0 Å². The summed E-state index contributed by atoms with van der Waals surface area (Å²) in [6.07, 6.45) is -0.745. The number of rotatable bonds is 0. The molecule has 3 rings (SSSR count). The smallest absolute Gasteiger partial charge is 0.383 e. The van der Waals surface area contributed by atoms with Crippen molar-refractivity contribution >= 4 is 11.4 Å². The second kappa shape index (κ2) is 4.05. The number of fused-ring (bicyclic) bond motifs is 1. The highest BCUT2D eigenvalue weighted by atomic mass is 19.4. The molecule has 2 nitrogen and oxygen atoms in total. The van der Waals surface area contributed by atoms with Crippen molar-refractivity contribution in [3.63, 3.8) is 0 Å². The quantitative estimate of drug-likeness (QED) is 0.772. The van der Waals surface area contributed by atoms with E-state index in [1.165, 1.54) is 12.5 Å². The van der Waals surface area contributed by atoms with Crippen LogP contribution in [0, 0.1) is 5.41 Å². The van der Waals surface area contributed by atoms with E-state index in [2.05, 4.69) is 5.32 Å². The molecule has 1 saturated carbocycles. The second-order valence-electron chi connectivity index (χ2n) is 5.79. The first-order valence-corrected chi connectivity index (χ1v) is 6.56. The van der Waals surface area contributed by atoms with E-state index >= 15 is 0 Å². The van der Waals surface area contributed by atoms with Crippen LogP contribution in [0.2, 0.25) is 0 Å². The van der Waals surface area contributed by atoms with Crippen molar-refractivity contribution in [2.24, 2.45) is 5.41 Å². The third-order valence-corrected chi connectivity index (χ3v) is 4.38. The minimum atomic E-state index is -4.28. The van der Waals surface area contributed by atoms with Crippen molar-refractivity contribution in [2.45, 2.75) is 25.4 Å². The Labute approximate surface area is 110 Å². The minimum Gasteiger partial charge on any atom is -0.383 e. The maximum atomic E-state index is 12.8. The molecule has 2 aliphatic rings. The molecule has 104 valence electrons. The van der Waals surface area contributed by atoms with Gasteiger partial charge in [-0.1, -0.05) is 6.42 Å². The molecule has 0 saturated heterocycles. The average molecular weight is 270 g/mol. The molecule has 1 aliphatic heterocycles. The molecule has 1 aromatic carbocycles. The Balaban J connectivity index is 1.95. The predicted molar refractivity (Wildman–Crippen MR) is 69.5 cm³/mol. The number of nitrogens with one attached hydrogen (secondary N) is 1. The van der Waals surface area contributed by atoms with Gasteiger partial charge in [0.1, 0.15) is 0 Å². The van der Waals surface area contributed by atoms with Crippen LogP contribution in [0.3, 0.4) is 0 Å². The topological polar surface area (TPSA) is 15.3 Å². The van der Waals surface area contributed by atoms with Crippen LogP contribution in [0.5, 0.6) is 0 Å². The first kappa shape index (κ1) is 12.6. The fourth-order valence-electron chi connectivity index (χ4n) is 3.11. The first-order chi connectivity index (χ1) is 8.90. The lowest BCUT2D eigenvalue weighted by Gasteiger charge is -2.43. The number of nitrogens with zero attached hydrogens (tertiary/aromatic N) is 1. The standard InChI is InChI=1S/C14H17F3N2/c1-19-9-13(5-2-6-13)8-18-11-4-3-10(7-12(11)19)14(15,16)17/h3-4,7,18H,2,5-6,8-9H2,1H3. The summed E-state index contributed by atoms with van der Waals surface area (Å²) in [4.78, 5) is 1.96. The lowest BCUT2D eigenvalue weighted by molar-refractivity contribution is -0.137. The highest BCUT2D eigenvalue weighted by Gasteiger charge is 2.40. The Kier molecular flexibility index (Phi) is 2.69. The summed E-state index contributed by atoms with van der Waals surface area (Å²) >= 11 is 0. The second-order valence-corrected chi connectivity index (χ2v) is 5.79. The van der Waals surface area contributed by atoms with Crippen molar-refractivity contribution in [2.75, 3.05) is 30.4 Å². The van der Waals surface area contributed by atoms with Crippen LogP contribution >= 0.6 is 0 Å². The van der Waals surface area contributed by atoms with E-state index in [9.17, 15) is 13.2 Å². The van der Waals surface area contributed by atoms with Gasteiger partial charge in [0.2, 0.25) is 0 Å². The highest BCUT2D eigenvalue weighted by Crippen LogP contribution is 2.46. The SMILES string of the molecule is CN1CC2(CCC2)CNc2ccc(C(F)(F)F)cc21. The van der Waals surface area contributed by atoms with E-state index in [-0.39, 0.29) is 5.41 Å². The summed E-state index contributed by atoms with van der Waals surface area (Å²) in [7, 11) is 1.88. The van der Waals surface area contributed by atoms with E-state index in [1.807, 2.05) is 11.9 Å². The van der Waals surface area contributed by atoms with Crippen LogP contribution in [0.25, 0.3) is 0 Å². The van der Waals surface area contributed by atoms with E-state index in [4.69, 9.17) is 0 Å². The molecular formula is C14H17F3N2. The van der Waals surface area contributed by atoms with Crippen molar-refractivity contribution in [1.29, 1.82) is 0 Å². The van der Waals surface area contributed by atoms with Crippen LogP contribution in [0.15, 0.2) is 18.2 Å². The van der Waals surface area contributed by atoms with Crippen molar-refractivity contribution in [3.8, 4) is 0 Å².